The minimum absolute atomic E-state index is 0.149. The molecule has 0 aliphatic rings. The van der Waals surface area contributed by atoms with Gasteiger partial charge in [-0.15, -0.1) is 5.10 Å². The third-order valence-corrected chi connectivity index (χ3v) is 2.32. The Morgan fingerprint density at radius 1 is 1.14 bits per heavy atom. The molecule has 1 aromatic carbocycles. The van der Waals surface area contributed by atoms with Crippen LogP contribution in [0.25, 0.3) is 10.9 Å². The van der Waals surface area contributed by atoms with Crippen LogP contribution in [0.2, 0.25) is 0 Å². The average molecular weight is 255 g/mol. The van der Waals surface area contributed by atoms with E-state index in [1.165, 1.54) is 0 Å². The van der Waals surface area contributed by atoms with Gasteiger partial charge in [0.1, 0.15) is 5.69 Å². The first kappa shape index (κ1) is 9.51. The molecule has 0 aliphatic carbocycles. The summed E-state index contributed by atoms with van der Waals surface area (Å²) in [5, 5.41) is 26.1. The fourth-order valence-electron chi connectivity index (χ4n) is 1.16. The van der Waals surface area contributed by atoms with Gasteiger partial charge in [0, 0.05) is 9.86 Å². The van der Waals surface area contributed by atoms with Crippen LogP contribution in [0.1, 0.15) is 12.0 Å². The van der Waals surface area contributed by atoms with Gasteiger partial charge in [0.25, 0.3) is 0 Å². The molecule has 2 N–H and O–H groups in total. The van der Waals surface area contributed by atoms with Gasteiger partial charge < -0.3 is 10.2 Å². The summed E-state index contributed by atoms with van der Waals surface area (Å²) in [5.41, 5.74) is 0.869. The van der Waals surface area contributed by atoms with Crippen LogP contribution in [-0.4, -0.2) is 20.4 Å². The van der Waals surface area contributed by atoms with Crippen molar-refractivity contribution in [1.29, 1.82) is 0 Å². The average Bonchev–Trinajstić information content (AvgIpc) is 2.16. The quantitative estimate of drug-likeness (QED) is 0.755. The molecule has 2 rings (SSSR count). The number of halogens is 1. The third kappa shape index (κ3) is 1.75. The third-order valence-electron chi connectivity index (χ3n) is 1.83. The van der Waals surface area contributed by atoms with Crippen LogP contribution in [0, 0.1) is 0 Å². The Labute approximate surface area is 88.3 Å². The van der Waals surface area contributed by atoms with Crippen LogP contribution in [0.5, 0.6) is 0 Å². The molecule has 1 aromatic heterocycles. The number of rotatable bonds is 1. The molecule has 0 saturated heterocycles. The summed E-state index contributed by atoms with van der Waals surface area (Å²) in [4.78, 5) is 0. The first-order valence-corrected chi connectivity index (χ1v) is 4.75. The number of aliphatic hydroxyl groups is 2. The largest absolute Gasteiger partial charge is 0.363 e. The van der Waals surface area contributed by atoms with E-state index in [2.05, 4.69) is 26.1 Å². The molecule has 0 radical (unpaired) electrons. The molecule has 1 heterocycles. The van der Waals surface area contributed by atoms with E-state index in [4.69, 9.17) is 10.2 Å². The SMILES string of the molecule is OC(O)c1cc2cc(Br)ccc2nn1. The zero-order valence-corrected chi connectivity index (χ0v) is 8.64. The summed E-state index contributed by atoms with van der Waals surface area (Å²) in [7, 11) is 0. The van der Waals surface area contributed by atoms with Crippen molar-refractivity contribution in [3.8, 4) is 0 Å². The fraction of sp³-hybridized carbons (Fsp3) is 0.111. The number of hydrogen-bond acceptors (Lipinski definition) is 4. The van der Waals surface area contributed by atoms with E-state index in [0.717, 1.165) is 15.4 Å². The number of hydrogen-bond donors (Lipinski definition) is 2. The lowest BCUT2D eigenvalue weighted by Crippen LogP contribution is -2.00. The molecule has 72 valence electrons. The minimum Gasteiger partial charge on any atom is -0.363 e. The number of benzene rings is 1. The van der Waals surface area contributed by atoms with Gasteiger partial charge in [-0.3, -0.25) is 0 Å². The van der Waals surface area contributed by atoms with Gasteiger partial charge in [0.05, 0.1) is 5.52 Å². The minimum atomic E-state index is -1.58. The van der Waals surface area contributed by atoms with Crippen LogP contribution in [0.15, 0.2) is 28.7 Å². The topological polar surface area (TPSA) is 66.2 Å². The second-order valence-electron chi connectivity index (χ2n) is 2.85. The van der Waals surface area contributed by atoms with E-state index in [1.807, 2.05) is 12.1 Å². The smallest absolute Gasteiger partial charge is 0.197 e. The summed E-state index contributed by atoms with van der Waals surface area (Å²) >= 11 is 3.32. The Morgan fingerprint density at radius 3 is 2.64 bits per heavy atom. The van der Waals surface area contributed by atoms with Crippen LogP contribution in [-0.2, 0) is 0 Å². The van der Waals surface area contributed by atoms with E-state index in [9.17, 15) is 0 Å². The Hall–Kier alpha value is -1.04. The summed E-state index contributed by atoms with van der Waals surface area (Å²) in [6.07, 6.45) is -1.58. The molecular weight excluding hydrogens is 248 g/mol. The molecule has 5 heteroatoms. The zero-order valence-electron chi connectivity index (χ0n) is 7.05. The first-order chi connectivity index (χ1) is 6.66. The lowest BCUT2D eigenvalue weighted by atomic mass is 10.2. The predicted molar refractivity (Wildman–Crippen MR) is 54.4 cm³/mol. The van der Waals surface area contributed by atoms with E-state index in [1.54, 1.807) is 12.1 Å². The Bertz CT molecular complexity index is 473. The second-order valence-corrected chi connectivity index (χ2v) is 3.76. The molecule has 2 aromatic rings. The molecule has 14 heavy (non-hydrogen) atoms. The highest BCUT2D eigenvalue weighted by molar-refractivity contribution is 9.10. The Morgan fingerprint density at radius 2 is 1.93 bits per heavy atom. The monoisotopic (exact) mass is 254 g/mol. The second kappa shape index (κ2) is 3.61. The highest BCUT2D eigenvalue weighted by Gasteiger charge is 2.06. The van der Waals surface area contributed by atoms with Gasteiger partial charge in [0.15, 0.2) is 6.29 Å². The first-order valence-electron chi connectivity index (χ1n) is 3.96. The number of aliphatic hydroxyl groups excluding tert-OH is 1. The van der Waals surface area contributed by atoms with E-state index in [0.29, 0.717) is 0 Å². The lowest BCUT2D eigenvalue weighted by Gasteiger charge is -2.03. The molecule has 0 atom stereocenters. The maximum Gasteiger partial charge on any atom is 0.197 e. The van der Waals surface area contributed by atoms with Gasteiger partial charge in [-0.05, 0) is 24.3 Å². The van der Waals surface area contributed by atoms with E-state index >= 15 is 0 Å². The molecule has 0 amide bonds. The van der Waals surface area contributed by atoms with Gasteiger partial charge in [-0.1, -0.05) is 15.9 Å². The summed E-state index contributed by atoms with van der Waals surface area (Å²) < 4.78 is 0.913. The van der Waals surface area contributed by atoms with Crippen molar-refractivity contribution in [2.45, 2.75) is 6.29 Å². The van der Waals surface area contributed by atoms with Crippen molar-refractivity contribution in [3.63, 3.8) is 0 Å². The predicted octanol–water partition coefficient (Wildman–Crippen LogP) is 1.38. The normalized spacial score (nSPS) is 11.1. The molecule has 0 spiro atoms. The van der Waals surface area contributed by atoms with Crippen LogP contribution in [0.4, 0.5) is 0 Å². The molecule has 0 fully saturated rings. The lowest BCUT2D eigenvalue weighted by molar-refractivity contribution is -0.0462. The molecule has 0 bridgehead atoms. The summed E-state index contributed by atoms with van der Waals surface area (Å²) in [6, 6.07) is 7.10. The fourth-order valence-corrected chi connectivity index (χ4v) is 1.54. The highest BCUT2D eigenvalue weighted by Crippen LogP contribution is 2.19. The number of aromatic nitrogens is 2. The summed E-state index contributed by atoms with van der Waals surface area (Å²) in [6.45, 7) is 0. The summed E-state index contributed by atoms with van der Waals surface area (Å²) in [5.74, 6) is 0. The number of nitrogens with zero attached hydrogens (tertiary/aromatic N) is 2. The van der Waals surface area contributed by atoms with Crippen molar-refractivity contribution >= 4 is 26.8 Å². The zero-order chi connectivity index (χ0) is 10.1. The van der Waals surface area contributed by atoms with Crippen LogP contribution < -0.4 is 0 Å². The molecule has 4 nitrogen and oxygen atoms in total. The van der Waals surface area contributed by atoms with Crippen molar-refractivity contribution in [2.75, 3.05) is 0 Å². The van der Waals surface area contributed by atoms with Gasteiger partial charge >= 0.3 is 0 Å². The van der Waals surface area contributed by atoms with Crippen LogP contribution >= 0.6 is 15.9 Å². The van der Waals surface area contributed by atoms with Crippen molar-refractivity contribution in [2.24, 2.45) is 0 Å². The van der Waals surface area contributed by atoms with E-state index < -0.39 is 6.29 Å². The van der Waals surface area contributed by atoms with Crippen molar-refractivity contribution < 1.29 is 10.2 Å². The Balaban J connectivity index is 2.63. The highest BCUT2D eigenvalue weighted by atomic mass is 79.9. The maximum absolute atomic E-state index is 8.89. The Kier molecular flexibility index (Phi) is 2.45. The standard InChI is InChI=1S/C9H7BrN2O2/c10-6-1-2-7-5(3-6)4-8(9(13)14)12-11-7/h1-4,9,13-14H. The maximum atomic E-state index is 8.89. The van der Waals surface area contributed by atoms with E-state index in [-0.39, 0.29) is 5.69 Å². The van der Waals surface area contributed by atoms with Crippen LogP contribution in [0.3, 0.4) is 0 Å². The van der Waals surface area contributed by atoms with Crippen molar-refractivity contribution in [1.82, 2.24) is 10.2 Å². The molecular formula is C9H7BrN2O2. The van der Waals surface area contributed by atoms with Crippen molar-refractivity contribution in [3.05, 3.63) is 34.4 Å². The molecule has 0 unspecified atom stereocenters. The molecule has 0 saturated carbocycles. The molecule has 0 aliphatic heterocycles. The van der Waals surface area contributed by atoms with Gasteiger partial charge in [0.2, 0.25) is 0 Å². The van der Waals surface area contributed by atoms with Gasteiger partial charge in [-0.2, -0.15) is 5.10 Å². The van der Waals surface area contributed by atoms with Gasteiger partial charge in [-0.25, -0.2) is 0 Å². The number of fused-ring (bicyclic) bond motifs is 1.